The van der Waals surface area contributed by atoms with Gasteiger partial charge in [0.25, 0.3) is 0 Å². The molecule has 0 unspecified atom stereocenters. The highest BCUT2D eigenvalue weighted by atomic mass is 16.5. The summed E-state index contributed by atoms with van der Waals surface area (Å²) in [5.41, 5.74) is 2.25. The minimum atomic E-state index is -0.138. The molecule has 0 atom stereocenters. The first-order chi connectivity index (χ1) is 9.12. The van der Waals surface area contributed by atoms with Gasteiger partial charge in [-0.1, -0.05) is 0 Å². The highest BCUT2D eigenvalue weighted by Crippen LogP contribution is 2.30. The summed E-state index contributed by atoms with van der Waals surface area (Å²) in [5, 5.41) is 5.50. The van der Waals surface area contributed by atoms with Gasteiger partial charge in [0, 0.05) is 13.1 Å². The SMILES string of the molecule is CCNC(=O)NCCc1cc(OC)c(OC)cc1C. The predicted molar refractivity (Wildman–Crippen MR) is 75.1 cm³/mol. The fraction of sp³-hybridized carbons (Fsp3) is 0.500. The summed E-state index contributed by atoms with van der Waals surface area (Å²) in [4.78, 5) is 11.3. The fourth-order valence-electron chi connectivity index (χ4n) is 1.83. The molecular formula is C14H22N2O3. The van der Waals surface area contributed by atoms with E-state index in [0.717, 1.165) is 23.3 Å². The lowest BCUT2D eigenvalue weighted by atomic mass is 10.0. The second kappa shape index (κ2) is 7.51. The number of amides is 2. The monoisotopic (exact) mass is 266 g/mol. The lowest BCUT2D eigenvalue weighted by molar-refractivity contribution is 0.241. The Labute approximate surface area is 114 Å². The van der Waals surface area contributed by atoms with Crippen molar-refractivity contribution in [1.29, 1.82) is 0 Å². The van der Waals surface area contributed by atoms with Gasteiger partial charge in [-0.25, -0.2) is 4.79 Å². The number of hydrogen-bond acceptors (Lipinski definition) is 3. The van der Waals surface area contributed by atoms with Gasteiger partial charge in [0.1, 0.15) is 0 Å². The van der Waals surface area contributed by atoms with Crippen molar-refractivity contribution in [3.63, 3.8) is 0 Å². The first kappa shape index (κ1) is 15.1. The Hall–Kier alpha value is -1.91. The molecule has 0 aliphatic rings. The number of carbonyl (C=O) groups excluding carboxylic acids is 1. The second-order valence-electron chi connectivity index (χ2n) is 4.17. The number of aryl methyl sites for hydroxylation is 1. The molecule has 106 valence electrons. The van der Waals surface area contributed by atoms with E-state index in [0.29, 0.717) is 18.8 Å². The first-order valence-corrected chi connectivity index (χ1v) is 6.35. The normalized spacial score (nSPS) is 9.89. The number of methoxy groups -OCH3 is 2. The van der Waals surface area contributed by atoms with Crippen LogP contribution in [0.25, 0.3) is 0 Å². The molecule has 1 aromatic carbocycles. The van der Waals surface area contributed by atoms with Gasteiger partial charge in [-0.15, -0.1) is 0 Å². The molecule has 0 heterocycles. The summed E-state index contributed by atoms with van der Waals surface area (Å²) in [6.45, 7) is 5.12. The van der Waals surface area contributed by atoms with E-state index in [4.69, 9.17) is 9.47 Å². The summed E-state index contributed by atoms with van der Waals surface area (Å²) in [7, 11) is 3.23. The molecule has 2 N–H and O–H groups in total. The van der Waals surface area contributed by atoms with Crippen LogP contribution in [-0.4, -0.2) is 33.3 Å². The highest BCUT2D eigenvalue weighted by Gasteiger charge is 2.08. The Balaban J connectivity index is 2.65. The lowest BCUT2D eigenvalue weighted by Crippen LogP contribution is -2.36. The number of ether oxygens (including phenoxy) is 2. The Morgan fingerprint density at radius 1 is 1.16 bits per heavy atom. The van der Waals surface area contributed by atoms with Crippen molar-refractivity contribution in [2.75, 3.05) is 27.3 Å². The maximum absolute atomic E-state index is 11.3. The van der Waals surface area contributed by atoms with E-state index in [1.54, 1.807) is 14.2 Å². The third kappa shape index (κ3) is 4.35. The number of nitrogens with one attached hydrogen (secondary N) is 2. The van der Waals surface area contributed by atoms with Gasteiger partial charge in [-0.2, -0.15) is 0 Å². The van der Waals surface area contributed by atoms with Crippen LogP contribution in [0.1, 0.15) is 18.1 Å². The highest BCUT2D eigenvalue weighted by molar-refractivity contribution is 5.73. The zero-order chi connectivity index (χ0) is 14.3. The molecule has 0 aliphatic heterocycles. The van der Waals surface area contributed by atoms with Crippen LogP contribution in [0.15, 0.2) is 12.1 Å². The van der Waals surface area contributed by atoms with Gasteiger partial charge in [0.2, 0.25) is 0 Å². The molecule has 0 saturated carbocycles. The largest absolute Gasteiger partial charge is 0.493 e. The molecule has 0 aliphatic carbocycles. The van der Waals surface area contributed by atoms with E-state index in [1.807, 2.05) is 26.0 Å². The molecule has 5 heteroatoms. The van der Waals surface area contributed by atoms with Crippen molar-refractivity contribution in [3.05, 3.63) is 23.3 Å². The third-order valence-corrected chi connectivity index (χ3v) is 2.86. The molecule has 0 spiro atoms. The van der Waals surface area contributed by atoms with Gasteiger partial charge in [0.15, 0.2) is 11.5 Å². The summed E-state index contributed by atoms with van der Waals surface area (Å²) in [6.07, 6.45) is 0.753. The van der Waals surface area contributed by atoms with E-state index >= 15 is 0 Å². The Bertz CT molecular complexity index is 433. The minimum absolute atomic E-state index is 0.138. The topological polar surface area (TPSA) is 59.6 Å². The number of benzene rings is 1. The van der Waals surface area contributed by atoms with Crippen molar-refractivity contribution in [2.24, 2.45) is 0 Å². The summed E-state index contributed by atoms with van der Waals surface area (Å²) >= 11 is 0. The van der Waals surface area contributed by atoms with Gasteiger partial charge >= 0.3 is 6.03 Å². The van der Waals surface area contributed by atoms with E-state index in [-0.39, 0.29) is 6.03 Å². The van der Waals surface area contributed by atoms with E-state index in [9.17, 15) is 4.79 Å². The average Bonchev–Trinajstić information content (AvgIpc) is 2.40. The Kier molecular flexibility index (Phi) is 5.99. The van der Waals surface area contributed by atoms with Gasteiger partial charge in [-0.05, 0) is 43.5 Å². The first-order valence-electron chi connectivity index (χ1n) is 6.35. The van der Waals surface area contributed by atoms with Gasteiger partial charge < -0.3 is 20.1 Å². The van der Waals surface area contributed by atoms with Crippen LogP contribution in [0.4, 0.5) is 4.79 Å². The molecule has 1 aromatic rings. The van der Waals surface area contributed by atoms with Crippen LogP contribution in [-0.2, 0) is 6.42 Å². The van der Waals surface area contributed by atoms with Crippen molar-refractivity contribution in [1.82, 2.24) is 10.6 Å². The third-order valence-electron chi connectivity index (χ3n) is 2.86. The van der Waals surface area contributed by atoms with Crippen molar-refractivity contribution in [2.45, 2.75) is 20.3 Å². The summed E-state index contributed by atoms with van der Waals surface area (Å²) in [5.74, 6) is 1.43. The van der Waals surface area contributed by atoms with Crippen LogP contribution < -0.4 is 20.1 Å². The second-order valence-corrected chi connectivity index (χ2v) is 4.17. The molecule has 0 aromatic heterocycles. The molecular weight excluding hydrogens is 244 g/mol. The molecule has 1 rings (SSSR count). The summed E-state index contributed by atoms with van der Waals surface area (Å²) < 4.78 is 10.5. The quantitative estimate of drug-likeness (QED) is 0.826. The standard InChI is InChI=1S/C14H22N2O3/c1-5-15-14(17)16-7-6-11-9-13(19-4)12(18-3)8-10(11)2/h8-9H,5-7H2,1-4H3,(H2,15,16,17). The number of hydrogen-bond donors (Lipinski definition) is 2. The molecule has 0 saturated heterocycles. The average molecular weight is 266 g/mol. The number of urea groups is 1. The van der Waals surface area contributed by atoms with Crippen molar-refractivity contribution >= 4 is 6.03 Å². The van der Waals surface area contributed by atoms with Crippen LogP contribution in [0.2, 0.25) is 0 Å². The maximum atomic E-state index is 11.3. The molecule has 2 amide bonds. The molecule has 5 nitrogen and oxygen atoms in total. The van der Waals surface area contributed by atoms with Crippen molar-refractivity contribution < 1.29 is 14.3 Å². The molecule has 19 heavy (non-hydrogen) atoms. The molecule has 0 radical (unpaired) electrons. The lowest BCUT2D eigenvalue weighted by Gasteiger charge is -2.13. The number of carbonyl (C=O) groups is 1. The zero-order valence-corrected chi connectivity index (χ0v) is 12.0. The van der Waals surface area contributed by atoms with E-state index in [1.165, 1.54) is 0 Å². The molecule has 0 bridgehead atoms. The predicted octanol–water partition coefficient (Wildman–Crippen LogP) is 1.87. The van der Waals surface area contributed by atoms with Gasteiger partial charge in [-0.3, -0.25) is 0 Å². The van der Waals surface area contributed by atoms with Crippen molar-refractivity contribution in [3.8, 4) is 11.5 Å². The van der Waals surface area contributed by atoms with Crippen LogP contribution in [0, 0.1) is 6.92 Å². The Morgan fingerprint density at radius 2 is 1.79 bits per heavy atom. The van der Waals surface area contributed by atoms with E-state index < -0.39 is 0 Å². The maximum Gasteiger partial charge on any atom is 0.314 e. The zero-order valence-electron chi connectivity index (χ0n) is 12.0. The summed E-state index contributed by atoms with van der Waals surface area (Å²) in [6, 6.07) is 3.76. The van der Waals surface area contributed by atoms with Crippen LogP contribution in [0.3, 0.4) is 0 Å². The Morgan fingerprint density at radius 3 is 2.37 bits per heavy atom. The van der Waals surface area contributed by atoms with Gasteiger partial charge in [0.05, 0.1) is 14.2 Å². The smallest absolute Gasteiger partial charge is 0.314 e. The fourth-order valence-corrected chi connectivity index (χ4v) is 1.83. The van der Waals surface area contributed by atoms with Crippen LogP contribution in [0.5, 0.6) is 11.5 Å². The van der Waals surface area contributed by atoms with E-state index in [2.05, 4.69) is 10.6 Å². The number of rotatable bonds is 6. The van der Waals surface area contributed by atoms with Crippen LogP contribution >= 0.6 is 0 Å². The minimum Gasteiger partial charge on any atom is -0.493 e. The molecule has 0 fully saturated rings.